The molecule has 17 heavy (non-hydrogen) atoms. The van der Waals surface area contributed by atoms with E-state index in [0.29, 0.717) is 0 Å². The molecule has 0 spiro atoms. The lowest BCUT2D eigenvalue weighted by atomic mass is 9.98. The minimum Gasteiger partial charge on any atom is -0.497 e. The van der Waals surface area contributed by atoms with Gasteiger partial charge in [-0.25, -0.2) is 0 Å². The van der Waals surface area contributed by atoms with Crippen LogP contribution in [0.25, 0.3) is 0 Å². The van der Waals surface area contributed by atoms with Crippen molar-refractivity contribution in [3.05, 3.63) is 29.8 Å². The molecule has 3 heteroatoms. The largest absolute Gasteiger partial charge is 0.497 e. The second-order valence-electron chi connectivity index (χ2n) is 5.23. The van der Waals surface area contributed by atoms with E-state index in [1.165, 1.54) is 11.3 Å². The molecule has 0 unspecified atom stereocenters. The minimum atomic E-state index is 0.129. The summed E-state index contributed by atoms with van der Waals surface area (Å²) < 4.78 is 5.16. The molecule has 1 aromatic carbocycles. The normalized spacial score (nSPS) is 18.1. The summed E-state index contributed by atoms with van der Waals surface area (Å²) >= 11 is 0. The summed E-state index contributed by atoms with van der Waals surface area (Å²) in [4.78, 5) is 0. The van der Waals surface area contributed by atoms with Crippen LogP contribution in [0.5, 0.6) is 5.75 Å². The summed E-state index contributed by atoms with van der Waals surface area (Å²) in [5.74, 6) is 0.897. The third kappa shape index (κ3) is 2.60. The standard InChI is InChI=1S/C14H20N2O/c1-11-9-14(2,3)16(15-11)10-12-5-7-13(17-4)8-6-12/h5-8H,9-10H2,1-4H3. The van der Waals surface area contributed by atoms with Crippen LogP contribution in [-0.2, 0) is 6.54 Å². The Hall–Kier alpha value is -1.51. The van der Waals surface area contributed by atoms with Crippen molar-refractivity contribution < 1.29 is 4.74 Å². The van der Waals surface area contributed by atoms with E-state index < -0.39 is 0 Å². The summed E-state index contributed by atoms with van der Waals surface area (Å²) in [5, 5.41) is 6.77. The van der Waals surface area contributed by atoms with Gasteiger partial charge in [-0.15, -0.1) is 0 Å². The molecule has 0 saturated carbocycles. The maximum Gasteiger partial charge on any atom is 0.118 e. The lowest BCUT2D eigenvalue weighted by molar-refractivity contribution is 0.144. The molecule has 0 aliphatic carbocycles. The average molecular weight is 232 g/mol. The molecule has 1 heterocycles. The van der Waals surface area contributed by atoms with Crippen molar-refractivity contribution in [2.45, 2.75) is 39.3 Å². The number of benzene rings is 1. The van der Waals surface area contributed by atoms with Crippen LogP contribution in [0, 0.1) is 0 Å². The molecular formula is C14H20N2O. The predicted octanol–water partition coefficient (Wildman–Crippen LogP) is 3.06. The Bertz CT molecular complexity index is 420. The van der Waals surface area contributed by atoms with E-state index in [2.05, 4.69) is 43.0 Å². The maximum absolute atomic E-state index is 5.16. The Morgan fingerprint density at radius 1 is 1.29 bits per heavy atom. The number of nitrogens with zero attached hydrogens (tertiary/aromatic N) is 2. The fourth-order valence-electron chi connectivity index (χ4n) is 2.25. The van der Waals surface area contributed by atoms with Crippen molar-refractivity contribution >= 4 is 5.71 Å². The average Bonchev–Trinajstić information content (AvgIpc) is 2.53. The summed E-state index contributed by atoms with van der Waals surface area (Å²) in [6, 6.07) is 8.18. The summed E-state index contributed by atoms with van der Waals surface area (Å²) in [6.45, 7) is 7.41. The van der Waals surface area contributed by atoms with Crippen molar-refractivity contribution in [3.8, 4) is 5.75 Å². The van der Waals surface area contributed by atoms with Crippen molar-refractivity contribution in [2.75, 3.05) is 7.11 Å². The Morgan fingerprint density at radius 3 is 2.41 bits per heavy atom. The monoisotopic (exact) mass is 232 g/mol. The maximum atomic E-state index is 5.16. The van der Waals surface area contributed by atoms with Crippen LogP contribution in [0.2, 0.25) is 0 Å². The number of methoxy groups -OCH3 is 1. The molecule has 3 nitrogen and oxygen atoms in total. The van der Waals surface area contributed by atoms with Crippen molar-refractivity contribution in [2.24, 2.45) is 5.10 Å². The van der Waals surface area contributed by atoms with E-state index in [1.54, 1.807) is 7.11 Å². The van der Waals surface area contributed by atoms with Gasteiger partial charge in [0, 0.05) is 12.1 Å². The zero-order chi connectivity index (χ0) is 12.5. The molecule has 0 fully saturated rings. The zero-order valence-corrected chi connectivity index (χ0v) is 11.0. The zero-order valence-electron chi connectivity index (χ0n) is 11.0. The van der Waals surface area contributed by atoms with Gasteiger partial charge < -0.3 is 4.74 Å². The van der Waals surface area contributed by atoms with E-state index in [4.69, 9.17) is 4.74 Å². The van der Waals surface area contributed by atoms with Gasteiger partial charge in [0.1, 0.15) is 5.75 Å². The number of rotatable bonds is 3. The molecule has 0 aromatic heterocycles. The topological polar surface area (TPSA) is 24.8 Å². The lowest BCUT2D eigenvalue weighted by Gasteiger charge is -2.30. The van der Waals surface area contributed by atoms with E-state index >= 15 is 0 Å². The van der Waals surface area contributed by atoms with Gasteiger partial charge in [-0.2, -0.15) is 5.10 Å². The Morgan fingerprint density at radius 2 is 1.94 bits per heavy atom. The van der Waals surface area contributed by atoms with E-state index in [-0.39, 0.29) is 5.54 Å². The molecule has 0 atom stereocenters. The number of ether oxygens (including phenoxy) is 1. The molecule has 92 valence electrons. The summed E-state index contributed by atoms with van der Waals surface area (Å²) in [5.41, 5.74) is 2.60. The first-order valence-electron chi connectivity index (χ1n) is 5.96. The number of hydrogen-bond donors (Lipinski definition) is 0. The quantitative estimate of drug-likeness (QED) is 0.800. The molecule has 0 saturated heterocycles. The summed E-state index contributed by atoms with van der Waals surface area (Å²) in [6.07, 6.45) is 1.04. The molecule has 2 rings (SSSR count). The second kappa shape index (κ2) is 4.40. The first-order chi connectivity index (χ1) is 8.01. The molecule has 0 radical (unpaired) electrons. The van der Waals surface area contributed by atoms with Crippen molar-refractivity contribution in [3.63, 3.8) is 0 Å². The molecule has 0 amide bonds. The van der Waals surface area contributed by atoms with E-state index in [1.807, 2.05) is 12.1 Å². The van der Waals surface area contributed by atoms with E-state index in [9.17, 15) is 0 Å². The van der Waals surface area contributed by atoms with Gasteiger partial charge >= 0.3 is 0 Å². The van der Waals surface area contributed by atoms with Gasteiger partial charge in [-0.05, 0) is 38.5 Å². The van der Waals surface area contributed by atoms with Crippen LogP contribution >= 0.6 is 0 Å². The molecule has 1 aliphatic heterocycles. The van der Waals surface area contributed by atoms with Crippen LogP contribution in [0.4, 0.5) is 0 Å². The van der Waals surface area contributed by atoms with Crippen LogP contribution in [0.15, 0.2) is 29.4 Å². The van der Waals surface area contributed by atoms with E-state index in [0.717, 1.165) is 18.7 Å². The van der Waals surface area contributed by atoms with Gasteiger partial charge in [0.25, 0.3) is 0 Å². The highest BCUT2D eigenvalue weighted by molar-refractivity contribution is 5.84. The van der Waals surface area contributed by atoms with Gasteiger partial charge in [0.05, 0.1) is 19.2 Å². The molecule has 1 aliphatic rings. The fraction of sp³-hybridized carbons (Fsp3) is 0.500. The number of hydrogen-bond acceptors (Lipinski definition) is 3. The third-order valence-electron chi connectivity index (χ3n) is 3.17. The van der Waals surface area contributed by atoms with Gasteiger partial charge in [0.15, 0.2) is 0 Å². The highest BCUT2D eigenvalue weighted by atomic mass is 16.5. The van der Waals surface area contributed by atoms with Crippen LogP contribution in [0.3, 0.4) is 0 Å². The minimum absolute atomic E-state index is 0.129. The molecule has 0 bridgehead atoms. The Balaban J connectivity index is 2.10. The second-order valence-corrected chi connectivity index (χ2v) is 5.23. The lowest BCUT2D eigenvalue weighted by Crippen LogP contribution is -2.35. The van der Waals surface area contributed by atoms with Gasteiger partial charge in [-0.1, -0.05) is 12.1 Å². The van der Waals surface area contributed by atoms with Gasteiger partial charge in [0.2, 0.25) is 0 Å². The highest BCUT2D eigenvalue weighted by Crippen LogP contribution is 2.28. The Labute approximate surface area is 103 Å². The molecule has 1 aromatic rings. The van der Waals surface area contributed by atoms with Crippen LogP contribution in [-0.4, -0.2) is 23.4 Å². The van der Waals surface area contributed by atoms with Crippen molar-refractivity contribution in [1.82, 2.24) is 5.01 Å². The van der Waals surface area contributed by atoms with Crippen LogP contribution < -0.4 is 4.74 Å². The smallest absolute Gasteiger partial charge is 0.118 e. The Kier molecular flexibility index (Phi) is 3.09. The third-order valence-corrected chi connectivity index (χ3v) is 3.17. The van der Waals surface area contributed by atoms with Gasteiger partial charge in [-0.3, -0.25) is 5.01 Å². The SMILES string of the molecule is COc1ccc(CN2N=C(C)CC2(C)C)cc1. The first kappa shape index (κ1) is 12.0. The van der Waals surface area contributed by atoms with Crippen LogP contribution in [0.1, 0.15) is 32.8 Å². The fourth-order valence-corrected chi connectivity index (χ4v) is 2.25. The molecule has 0 N–H and O–H groups in total. The van der Waals surface area contributed by atoms with Crippen molar-refractivity contribution in [1.29, 1.82) is 0 Å². The highest BCUT2D eigenvalue weighted by Gasteiger charge is 2.31. The predicted molar refractivity (Wildman–Crippen MR) is 70.3 cm³/mol. The molecular weight excluding hydrogens is 212 g/mol. The first-order valence-corrected chi connectivity index (χ1v) is 5.96. The summed E-state index contributed by atoms with van der Waals surface area (Å²) in [7, 11) is 1.69. The number of hydrazone groups is 1.